The summed E-state index contributed by atoms with van der Waals surface area (Å²) in [5.41, 5.74) is 3.89. The summed E-state index contributed by atoms with van der Waals surface area (Å²) < 4.78 is 10.5. The average molecular weight is 380 g/mol. The van der Waals surface area contributed by atoms with Crippen LogP contribution in [0.15, 0.2) is 41.2 Å². The SMILES string of the molecule is COc1cccc(C(=O)NCCc2cc3c(C)ccc(C)c3[nH]c2=O)c1OC. The van der Waals surface area contributed by atoms with Crippen LogP contribution in [0.1, 0.15) is 27.0 Å². The van der Waals surface area contributed by atoms with Crippen LogP contribution < -0.4 is 20.3 Å². The van der Waals surface area contributed by atoms with E-state index in [1.165, 1.54) is 14.2 Å². The Hall–Kier alpha value is -3.28. The predicted molar refractivity (Wildman–Crippen MR) is 110 cm³/mol. The van der Waals surface area contributed by atoms with Gasteiger partial charge in [-0.05, 0) is 49.6 Å². The van der Waals surface area contributed by atoms with Crippen LogP contribution >= 0.6 is 0 Å². The summed E-state index contributed by atoms with van der Waals surface area (Å²) in [6.07, 6.45) is 0.427. The van der Waals surface area contributed by atoms with Crippen molar-refractivity contribution in [2.24, 2.45) is 0 Å². The molecule has 0 saturated heterocycles. The van der Waals surface area contributed by atoms with Gasteiger partial charge in [0.2, 0.25) is 0 Å². The fourth-order valence-corrected chi connectivity index (χ4v) is 3.28. The van der Waals surface area contributed by atoms with Crippen LogP contribution in [0.4, 0.5) is 0 Å². The maximum absolute atomic E-state index is 12.5. The van der Waals surface area contributed by atoms with Crippen molar-refractivity contribution < 1.29 is 14.3 Å². The lowest BCUT2D eigenvalue weighted by molar-refractivity contribution is 0.0950. The van der Waals surface area contributed by atoms with E-state index in [4.69, 9.17) is 9.47 Å². The van der Waals surface area contributed by atoms with Crippen molar-refractivity contribution in [2.45, 2.75) is 20.3 Å². The van der Waals surface area contributed by atoms with Gasteiger partial charge in [0.1, 0.15) is 0 Å². The van der Waals surface area contributed by atoms with Crippen molar-refractivity contribution in [3.63, 3.8) is 0 Å². The lowest BCUT2D eigenvalue weighted by Gasteiger charge is -2.13. The third-order valence-electron chi connectivity index (χ3n) is 4.85. The molecule has 1 aromatic heterocycles. The van der Waals surface area contributed by atoms with Crippen LogP contribution in [0, 0.1) is 13.8 Å². The van der Waals surface area contributed by atoms with Gasteiger partial charge in [0.15, 0.2) is 11.5 Å². The maximum Gasteiger partial charge on any atom is 0.255 e. The second kappa shape index (κ2) is 8.17. The molecule has 0 aliphatic heterocycles. The van der Waals surface area contributed by atoms with Crippen molar-refractivity contribution in [1.29, 1.82) is 0 Å². The minimum absolute atomic E-state index is 0.130. The number of H-pyrrole nitrogens is 1. The first-order valence-electron chi connectivity index (χ1n) is 9.07. The third-order valence-corrected chi connectivity index (χ3v) is 4.85. The number of fused-ring (bicyclic) bond motifs is 1. The minimum atomic E-state index is -0.278. The molecular weight excluding hydrogens is 356 g/mol. The summed E-state index contributed by atoms with van der Waals surface area (Å²) in [6.45, 7) is 4.32. The summed E-state index contributed by atoms with van der Waals surface area (Å²) in [5.74, 6) is 0.601. The number of benzene rings is 2. The van der Waals surface area contributed by atoms with Crippen LogP contribution in [-0.2, 0) is 6.42 Å². The number of aryl methyl sites for hydroxylation is 2. The number of carbonyl (C=O) groups is 1. The van der Waals surface area contributed by atoms with Gasteiger partial charge in [0.25, 0.3) is 11.5 Å². The summed E-state index contributed by atoms with van der Waals surface area (Å²) in [7, 11) is 3.02. The Kier molecular flexibility index (Phi) is 5.68. The van der Waals surface area contributed by atoms with Gasteiger partial charge in [-0.1, -0.05) is 18.2 Å². The van der Waals surface area contributed by atoms with Crippen molar-refractivity contribution in [3.05, 3.63) is 69.0 Å². The second-order valence-corrected chi connectivity index (χ2v) is 6.66. The largest absolute Gasteiger partial charge is 0.493 e. The van der Waals surface area contributed by atoms with E-state index in [2.05, 4.69) is 10.3 Å². The van der Waals surface area contributed by atoms with Crippen molar-refractivity contribution in [2.75, 3.05) is 20.8 Å². The normalized spacial score (nSPS) is 10.7. The van der Waals surface area contributed by atoms with Crippen LogP contribution in [0.25, 0.3) is 10.9 Å². The van der Waals surface area contributed by atoms with Crippen LogP contribution in [0.3, 0.4) is 0 Å². The first-order chi connectivity index (χ1) is 13.5. The number of para-hydroxylation sites is 1. The molecular formula is C22H24N2O4. The van der Waals surface area contributed by atoms with Crippen molar-refractivity contribution >= 4 is 16.8 Å². The highest BCUT2D eigenvalue weighted by Gasteiger charge is 2.16. The molecule has 0 spiro atoms. The van der Waals surface area contributed by atoms with E-state index < -0.39 is 0 Å². The van der Waals surface area contributed by atoms with Gasteiger partial charge in [-0.2, -0.15) is 0 Å². The first-order valence-corrected chi connectivity index (χ1v) is 9.07. The topological polar surface area (TPSA) is 80.4 Å². The molecule has 28 heavy (non-hydrogen) atoms. The Morgan fingerprint density at radius 1 is 1.07 bits per heavy atom. The molecule has 2 aromatic carbocycles. The number of aromatic amines is 1. The number of nitrogens with one attached hydrogen (secondary N) is 2. The molecule has 0 bridgehead atoms. The van der Waals surface area contributed by atoms with Gasteiger partial charge in [0, 0.05) is 17.5 Å². The Bertz CT molecular complexity index is 1090. The fourth-order valence-electron chi connectivity index (χ4n) is 3.28. The number of ether oxygens (including phenoxy) is 2. The number of carbonyl (C=O) groups excluding carboxylic acids is 1. The number of hydrogen-bond donors (Lipinski definition) is 2. The molecule has 1 amide bonds. The zero-order valence-corrected chi connectivity index (χ0v) is 16.5. The minimum Gasteiger partial charge on any atom is -0.493 e. The molecule has 0 saturated carbocycles. The monoisotopic (exact) mass is 380 g/mol. The van der Waals surface area contributed by atoms with Gasteiger partial charge < -0.3 is 19.8 Å². The summed E-state index contributed by atoms with van der Waals surface area (Å²) in [6, 6.07) is 11.1. The molecule has 3 aromatic rings. The van der Waals surface area contributed by atoms with E-state index in [1.807, 2.05) is 32.0 Å². The van der Waals surface area contributed by atoms with E-state index in [1.54, 1.807) is 18.2 Å². The van der Waals surface area contributed by atoms with Crippen LogP contribution in [0.2, 0.25) is 0 Å². The molecule has 0 atom stereocenters. The first kappa shape index (κ1) is 19.5. The summed E-state index contributed by atoms with van der Waals surface area (Å²) in [5, 5.41) is 3.87. The standard InChI is InChI=1S/C22H24N2O4/c1-13-8-9-14(2)19-17(13)12-15(21(25)24-19)10-11-23-22(26)16-6-5-7-18(27-3)20(16)28-4/h5-9,12H,10-11H2,1-4H3,(H,23,26)(H,24,25). The Balaban J connectivity index is 1.77. The van der Waals surface area contributed by atoms with E-state index in [0.29, 0.717) is 35.6 Å². The smallest absolute Gasteiger partial charge is 0.255 e. The molecule has 6 heteroatoms. The number of methoxy groups -OCH3 is 2. The number of rotatable bonds is 6. The zero-order chi connectivity index (χ0) is 20.3. The molecule has 2 N–H and O–H groups in total. The van der Waals surface area contributed by atoms with Gasteiger partial charge in [-0.15, -0.1) is 0 Å². The molecule has 3 rings (SSSR count). The maximum atomic E-state index is 12.5. The van der Waals surface area contributed by atoms with E-state index in [9.17, 15) is 9.59 Å². The highest BCUT2D eigenvalue weighted by atomic mass is 16.5. The summed E-state index contributed by atoms with van der Waals surface area (Å²) >= 11 is 0. The molecule has 0 aliphatic rings. The zero-order valence-electron chi connectivity index (χ0n) is 16.5. The van der Waals surface area contributed by atoms with Gasteiger partial charge in [-0.25, -0.2) is 0 Å². The summed E-state index contributed by atoms with van der Waals surface area (Å²) in [4.78, 5) is 27.9. The molecule has 1 heterocycles. The number of hydrogen-bond acceptors (Lipinski definition) is 4. The van der Waals surface area contributed by atoms with Gasteiger partial charge >= 0.3 is 0 Å². The second-order valence-electron chi connectivity index (χ2n) is 6.66. The number of aromatic nitrogens is 1. The lowest BCUT2D eigenvalue weighted by Crippen LogP contribution is -2.28. The fraction of sp³-hybridized carbons (Fsp3) is 0.273. The van der Waals surface area contributed by atoms with E-state index in [-0.39, 0.29) is 11.5 Å². The predicted octanol–water partition coefficient (Wildman–Crippen LogP) is 3.13. The quantitative estimate of drug-likeness (QED) is 0.688. The van der Waals surface area contributed by atoms with E-state index >= 15 is 0 Å². The van der Waals surface area contributed by atoms with E-state index in [0.717, 1.165) is 22.0 Å². The van der Waals surface area contributed by atoms with Gasteiger partial charge in [0.05, 0.1) is 25.3 Å². The molecule has 6 nitrogen and oxygen atoms in total. The number of pyridine rings is 1. The van der Waals surface area contributed by atoms with Crippen LogP contribution in [-0.4, -0.2) is 31.7 Å². The average Bonchev–Trinajstić information content (AvgIpc) is 2.70. The number of amides is 1. The molecule has 0 aliphatic carbocycles. The van der Waals surface area contributed by atoms with Gasteiger partial charge in [-0.3, -0.25) is 9.59 Å². The Labute approximate surface area is 163 Å². The molecule has 146 valence electrons. The molecule has 0 radical (unpaired) electrons. The van der Waals surface area contributed by atoms with Crippen LogP contribution in [0.5, 0.6) is 11.5 Å². The Morgan fingerprint density at radius 2 is 1.82 bits per heavy atom. The third kappa shape index (κ3) is 3.71. The Morgan fingerprint density at radius 3 is 2.54 bits per heavy atom. The highest BCUT2D eigenvalue weighted by Crippen LogP contribution is 2.30. The molecule has 0 fully saturated rings. The lowest BCUT2D eigenvalue weighted by atomic mass is 10.0. The van der Waals surface area contributed by atoms with Crippen molar-refractivity contribution in [1.82, 2.24) is 10.3 Å². The molecule has 0 unspecified atom stereocenters. The highest BCUT2D eigenvalue weighted by molar-refractivity contribution is 5.97. The van der Waals surface area contributed by atoms with Crippen molar-refractivity contribution in [3.8, 4) is 11.5 Å².